The summed E-state index contributed by atoms with van der Waals surface area (Å²) >= 11 is 0. The van der Waals surface area contributed by atoms with Gasteiger partial charge >= 0.3 is 6.18 Å². The van der Waals surface area contributed by atoms with Gasteiger partial charge in [-0.3, -0.25) is 0 Å². The van der Waals surface area contributed by atoms with Crippen molar-refractivity contribution in [3.05, 3.63) is 24.3 Å². The van der Waals surface area contributed by atoms with E-state index in [1.807, 2.05) is 0 Å². The van der Waals surface area contributed by atoms with Gasteiger partial charge in [-0.25, -0.2) is 4.39 Å². The Labute approximate surface area is 66.0 Å². The summed E-state index contributed by atoms with van der Waals surface area (Å²) in [4.78, 5) is 0. The zero-order chi connectivity index (χ0) is 9.41. The molecule has 1 aliphatic rings. The SMILES string of the molecule is OC1C=CC=CC1(F)C(F)(F)F. The molecular formula is C7H6F4O. The minimum absolute atomic E-state index is 0.303. The summed E-state index contributed by atoms with van der Waals surface area (Å²) in [6.07, 6.45) is -4.09. The first-order chi connectivity index (χ1) is 5.38. The normalized spacial score (nSPS) is 35.6. The molecule has 5 heteroatoms. The van der Waals surface area contributed by atoms with Crippen molar-refractivity contribution in [2.45, 2.75) is 17.9 Å². The van der Waals surface area contributed by atoms with Crippen LogP contribution >= 0.6 is 0 Å². The van der Waals surface area contributed by atoms with Crippen LogP contribution in [0, 0.1) is 0 Å². The monoisotopic (exact) mass is 182 g/mol. The van der Waals surface area contributed by atoms with Crippen molar-refractivity contribution < 1.29 is 22.7 Å². The Balaban J connectivity index is 2.99. The number of hydrogen-bond donors (Lipinski definition) is 1. The molecule has 12 heavy (non-hydrogen) atoms. The lowest BCUT2D eigenvalue weighted by molar-refractivity contribution is -0.233. The summed E-state index contributed by atoms with van der Waals surface area (Å²) in [5, 5.41) is 8.73. The molecule has 0 amide bonds. The Bertz CT molecular complexity index is 230. The number of hydrogen-bond acceptors (Lipinski definition) is 1. The third kappa shape index (κ3) is 1.24. The maximum atomic E-state index is 13.0. The van der Waals surface area contributed by atoms with E-state index in [9.17, 15) is 17.6 Å². The van der Waals surface area contributed by atoms with E-state index in [0.29, 0.717) is 6.08 Å². The molecule has 0 radical (unpaired) electrons. The number of halogens is 4. The molecule has 0 bridgehead atoms. The predicted octanol–water partition coefficient (Wildman–Crippen LogP) is 1.74. The summed E-state index contributed by atoms with van der Waals surface area (Å²) in [5.41, 5.74) is -3.64. The smallest absolute Gasteiger partial charge is 0.385 e. The minimum atomic E-state index is -5.08. The van der Waals surface area contributed by atoms with Gasteiger partial charge in [-0.05, 0) is 6.08 Å². The topological polar surface area (TPSA) is 20.2 Å². The first kappa shape index (κ1) is 9.25. The van der Waals surface area contributed by atoms with Crippen molar-refractivity contribution in [2.75, 3.05) is 0 Å². The second-order valence-electron chi connectivity index (χ2n) is 2.45. The van der Waals surface area contributed by atoms with E-state index in [2.05, 4.69) is 0 Å². The van der Waals surface area contributed by atoms with E-state index >= 15 is 0 Å². The lowest BCUT2D eigenvalue weighted by Crippen LogP contribution is -2.49. The molecule has 0 spiro atoms. The molecule has 1 rings (SSSR count). The fourth-order valence-electron chi connectivity index (χ4n) is 0.866. The fourth-order valence-corrected chi connectivity index (χ4v) is 0.866. The molecule has 0 aromatic rings. The third-order valence-electron chi connectivity index (χ3n) is 1.61. The third-order valence-corrected chi connectivity index (χ3v) is 1.61. The highest BCUT2D eigenvalue weighted by molar-refractivity contribution is 5.25. The first-order valence-electron chi connectivity index (χ1n) is 3.17. The second kappa shape index (κ2) is 2.58. The van der Waals surface area contributed by atoms with Crippen molar-refractivity contribution in [2.24, 2.45) is 0 Å². The van der Waals surface area contributed by atoms with Crippen LogP contribution in [0.1, 0.15) is 0 Å². The summed E-state index contributed by atoms with van der Waals surface area (Å²) < 4.78 is 48.8. The molecule has 0 heterocycles. The molecule has 1 N–H and O–H groups in total. The lowest BCUT2D eigenvalue weighted by atomic mass is 9.94. The van der Waals surface area contributed by atoms with Crippen molar-refractivity contribution in [3.8, 4) is 0 Å². The summed E-state index contributed by atoms with van der Waals surface area (Å²) in [6, 6.07) is 0. The standard InChI is InChI=1S/C7H6F4O/c8-6(7(9,10)11)4-2-1-3-5(6)12/h1-5,12H. The first-order valence-corrected chi connectivity index (χ1v) is 3.17. The van der Waals surface area contributed by atoms with Crippen molar-refractivity contribution in [1.29, 1.82) is 0 Å². The van der Waals surface area contributed by atoms with Gasteiger partial charge in [0.25, 0.3) is 5.67 Å². The van der Waals surface area contributed by atoms with Gasteiger partial charge in [0.15, 0.2) is 0 Å². The van der Waals surface area contributed by atoms with Crippen LogP contribution in [0.2, 0.25) is 0 Å². The van der Waals surface area contributed by atoms with Crippen LogP contribution in [-0.2, 0) is 0 Å². The van der Waals surface area contributed by atoms with Crippen LogP contribution < -0.4 is 0 Å². The number of aliphatic hydroxyl groups is 1. The summed E-state index contributed by atoms with van der Waals surface area (Å²) in [5.74, 6) is 0. The molecule has 0 aliphatic heterocycles. The zero-order valence-corrected chi connectivity index (χ0v) is 5.85. The highest BCUT2D eigenvalue weighted by atomic mass is 19.4. The van der Waals surface area contributed by atoms with Gasteiger partial charge in [-0.2, -0.15) is 13.2 Å². The van der Waals surface area contributed by atoms with Crippen molar-refractivity contribution in [1.82, 2.24) is 0 Å². The van der Waals surface area contributed by atoms with Gasteiger partial charge in [0.1, 0.15) is 6.10 Å². The van der Waals surface area contributed by atoms with Gasteiger partial charge in [0.05, 0.1) is 0 Å². The largest absolute Gasteiger partial charge is 0.429 e. The van der Waals surface area contributed by atoms with Gasteiger partial charge in [0, 0.05) is 0 Å². The molecule has 0 saturated heterocycles. The summed E-state index contributed by atoms with van der Waals surface area (Å²) in [6.45, 7) is 0. The Morgan fingerprint density at radius 3 is 2.17 bits per heavy atom. The molecule has 0 aromatic heterocycles. The van der Waals surface area contributed by atoms with Gasteiger partial charge in [-0.1, -0.05) is 18.2 Å². The van der Waals surface area contributed by atoms with Gasteiger partial charge in [0.2, 0.25) is 0 Å². The molecule has 0 aromatic carbocycles. The van der Waals surface area contributed by atoms with E-state index < -0.39 is 17.9 Å². The Hall–Kier alpha value is -0.840. The predicted molar refractivity (Wildman–Crippen MR) is 34.2 cm³/mol. The van der Waals surface area contributed by atoms with Crippen LogP contribution in [0.25, 0.3) is 0 Å². The lowest BCUT2D eigenvalue weighted by Gasteiger charge is -2.29. The second-order valence-corrected chi connectivity index (χ2v) is 2.45. The average Bonchev–Trinajstić information content (AvgIpc) is 1.93. The zero-order valence-electron chi connectivity index (χ0n) is 5.85. The van der Waals surface area contributed by atoms with E-state index in [1.165, 1.54) is 0 Å². The minimum Gasteiger partial charge on any atom is -0.385 e. The van der Waals surface area contributed by atoms with Crippen LogP contribution in [-0.4, -0.2) is 23.1 Å². The number of aliphatic hydroxyl groups excluding tert-OH is 1. The van der Waals surface area contributed by atoms with Gasteiger partial charge in [-0.15, -0.1) is 0 Å². The maximum absolute atomic E-state index is 13.0. The molecule has 68 valence electrons. The van der Waals surface area contributed by atoms with E-state index in [1.54, 1.807) is 0 Å². The number of allylic oxidation sites excluding steroid dienone is 2. The van der Waals surface area contributed by atoms with E-state index in [4.69, 9.17) is 5.11 Å². The number of rotatable bonds is 0. The van der Waals surface area contributed by atoms with E-state index in [0.717, 1.165) is 18.2 Å². The molecule has 0 saturated carbocycles. The quantitative estimate of drug-likeness (QED) is 0.566. The number of alkyl halides is 4. The highest BCUT2D eigenvalue weighted by Crippen LogP contribution is 2.39. The maximum Gasteiger partial charge on any atom is 0.429 e. The van der Waals surface area contributed by atoms with E-state index in [-0.39, 0.29) is 0 Å². The molecule has 0 fully saturated rings. The molecular weight excluding hydrogens is 176 g/mol. The average molecular weight is 182 g/mol. The molecule has 2 atom stereocenters. The molecule has 1 nitrogen and oxygen atoms in total. The van der Waals surface area contributed by atoms with Crippen LogP contribution in [0.4, 0.5) is 17.6 Å². The van der Waals surface area contributed by atoms with Crippen molar-refractivity contribution in [3.63, 3.8) is 0 Å². The Kier molecular flexibility index (Phi) is 1.99. The van der Waals surface area contributed by atoms with Gasteiger partial charge < -0.3 is 5.11 Å². The molecule has 2 unspecified atom stereocenters. The van der Waals surface area contributed by atoms with Crippen LogP contribution in [0.15, 0.2) is 24.3 Å². The fraction of sp³-hybridized carbons (Fsp3) is 0.429. The highest BCUT2D eigenvalue weighted by Gasteiger charge is 2.58. The Morgan fingerprint density at radius 1 is 1.25 bits per heavy atom. The van der Waals surface area contributed by atoms with Crippen LogP contribution in [0.3, 0.4) is 0 Å². The molecule has 1 aliphatic carbocycles. The van der Waals surface area contributed by atoms with Crippen LogP contribution in [0.5, 0.6) is 0 Å². The Morgan fingerprint density at radius 2 is 1.83 bits per heavy atom. The summed E-state index contributed by atoms with van der Waals surface area (Å²) in [7, 11) is 0. The van der Waals surface area contributed by atoms with Crippen molar-refractivity contribution >= 4 is 0 Å².